The van der Waals surface area contributed by atoms with Crippen LogP contribution in [0.2, 0.25) is 0 Å². The summed E-state index contributed by atoms with van der Waals surface area (Å²) >= 11 is 0. The maximum absolute atomic E-state index is 10.4. The number of ether oxygens (including phenoxy) is 2. The lowest BCUT2D eigenvalue weighted by atomic mass is 9.71. The van der Waals surface area contributed by atoms with Gasteiger partial charge in [0.1, 0.15) is 12.2 Å². The van der Waals surface area contributed by atoms with Crippen molar-refractivity contribution in [2.75, 3.05) is 20.7 Å². The van der Waals surface area contributed by atoms with Crippen molar-refractivity contribution in [3.63, 3.8) is 0 Å². The highest BCUT2D eigenvalue weighted by molar-refractivity contribution is 5.44. The third-order valence-electron chi connectivity index (χ3n) is 5.55. The first-order valence-corrected chi connectivity index (χ1v) is 8.07. The number of methoxy groups -OCH3 is 1. The van der Waals surface area contributed by atoms with Gasteiger partial charge < -0.3 is 19.5 Å². The Hall–Kier alpha value is -1.52. The van der Waals surface area contributed by atoms with Crippen molar-refractivity contribution in [1.82, 2.24) is 4.90 Å². The molecule has 0 radical (unpaired) electrons. The molecule has 0 aromatic heterocycles. The number of rotatable bonds is 1. The summed E-state index contributed by atoms with van der Waals surface area (Å²) in [4.78, 5) is 2.45. The Morgan fingerprint density at radius 1 is 1.32 bits per heavy atom. The standard InChI is InChI=1S/C18H23NO3/c1-19-8-7-13-12-4-5-15(20)18(13)22-17-10-11(9-14(12)19)3-6-16(17)21-2/h3-6,10,12-15,18,20H,7-9H2,1-2H3/t12-,13+,14-,15?,18-/m1/s1. The zero-order valence-electron chi connectivity index (χ0n) is 13.1. The number of likely N-dealkylation sites (N-methyl/N-ethyl adjacent to an activating group) is 1. The first kappa shape index (κ1) is 14.1. The highest BCUT2D eigenvalue weighted by Crippen LogP contribution is 2.42. The molecule has 1 aromatic carbocycles. The second kappa shape index (κ2) is 5.28. The third kappa shape index (κ3) is 2.13. The minimum Gasteiger partial charge on any atom is -0.493 e. The monoisotopic (exact) mass is 301 g/mol. The highest BCUT2D eigenvalue weighted by Gasteiger charge is 2.45. The molecule has 0 spiro atoms. The predicted octanol–water partition coefficient (Wildman–Crippen LogP) is 1.87. The Morgan fingerprint density at radius 2 is 2.18 bits per heavy atom. The van der Waals surface area contributed by atoms with Gasteiger partial charge in [0.15, 0.2) is 11.5 Å². The maximum atomic E-state index is 10.4. The first-order chi connectivity index (χ1) is 10.7. The molecule has 5 atom stereocenters. The number of aliphatic hydroxyl groups is 1. The molecule has 118 valence electrons. The van der Waals surface area contributed by atoms with Gasteiger partial charge in [-0.05, 0) is 50.0 Å². The zero-order chi connectivity index (χ0) is 15.3. The average Bonchev–Trinajstić information content (AvgIpc) is 2.54. The second-order valence-electron chi connectivity index (χ2n) is 6.73. The molecule has 0 amide bonds. The van der Waals surface area contributed by atoms with Gasteiger partial charge in [0.2, 0.25) is 0 Å². The average molecular weight is 301 g/mol. The lowest BCUT2D eigenvalue weighted by molar-refractivity contribution is -0.0366. The van der Waals surface area contributed by atoms with Crippen molar-refractivity contribution >= 4 is 0 Å². The smallest absolute Gasteiger partial charge is 0.162 e. The number of aliphatic hydroxyl groups excluding tert-OH is 1. The molecule has 22 heavy (non-hydrogen) atoms. The maximum Gasteiger partial charge on any atom is 0.162 e. The number of hydrogen-bond donors (Lipinski definition) is 1. The van der Waals surface area contributed by atoms with Crippen molar-refractivity contribution in [1.29, 1.82) is 0 Å². The first-order valence-electron chi connectivity index (χ1n) is 8.07. The number of piperidine rings is 1. The van der Waals surface area contributed by atoms with Crippen molar-refractivity contribution in [2.24, 2.45) is 11.8 Å². The van der Waals surface area contributed by atoms with E-state index in [9.17, 15) is 5.11 Å². The molecule has 0 saturated carbocycles. The minimum atomic E-state index is -0.545. The SMILES string of the molecule is COc1ccc2cc1O[C@H]1C(O)C=C[C@@H]3[C@@H]1CCN(C)[C@@H]3C2. The second-order valence-corrected chi connectivity index (χ2v) is 6.73. The molecule has 2 aliphatic heterocycles. The van der Waals surface area contributed by atoms with Gasteiger partial charge in [0.25, 0.3) is 0 Å². The van der Waals surface area contributed by atoms with Gasteiger partial charge in [-0.25, -0.2) is 0 Å². The van der Waals surface area contributed by atoms with Crippen LogP contribution in [0, 0.1) is 11.8 Å². The molecule has 6 bridgehead atoms. The summed E-state index contributed by atoms with van der Waals surface area (Å²) in [7, 11) is 3.87. The molecule has 3 aliphatic rings. The van der Waals surface area contributed by atoms with E-state index < -0.39 is 6.10 Å². The van der Waals surface area contributed by atoms with Crippen LogP contribution < -0.4 is 9.47 Å². The van der Waals surface area contributed by atoms with E-state index in [4.69, 9.17) is 9.47 Å². The predicted molar refractivity (Wildman–Crippen MR) is 84.3 cm³/mol. The number of benzene rings is 1. The van der Waals surface area contributed by atoms with E-state index in [0.717, 1.165) is 30.9 Å². The van der Waals surface area contributed by atoms with E-state index in [1.807, 2.05) is 12.1 Å². The van der Waals surface area contributed by atoms with Crippen molar-refractivity contribution in [3.05, 3.63) is 35.9 Å². The fourth-order valence-corrected chi connectivity index (χ4v) is 4.33. The van der Waals surface area contributed by atoms with Crippen LogP contribution in [0.5, 0.6) is 11.5 Å². The number of hydrogen-bond acceptors (Lipinski definition) is 4. The number of fused-ring (bicyclic) bond motifs is 2. The van der Waals surface area contributed by atoms with Crippen LogP contribution in [0.1, 0.15) is 12.0 Å². The van der Waals surface area contributed by atoms with Crippen molar-refractivity contribution in [3.8, 4) is 11.5 Å². The fourth-order valence-electron chi connectivity index (χ4n) is 4.33. The lowest BCUT2D eigenvalue weighted by Crippen LogP contribution is -2.55. The van der Waals surface area contributed by atoms with Crippen LogP contribution in [0.3, 0.4) is 0 Å². The Kier molecular flexibility index (Phi) is 3.39. The fraction of sp³-hybridized carbons (Fsp3) is 0.556. The zero-order valence-corrected chi connectivity index (χ0v) is 13.1. The van der Waals surface area contributed by atoms with Crippen molar-refractivity contribution in [2.45, 2.75) is 31.1 Å². The lowest BCUT2D eigenvalue weighted by Gasteiger charge is -2.47. The van der Waals surface area contributed by atoms with Gasteiger partial charge in [0, 0.05) is 12.0 Å². The van der Waals surface area contributed by atoms with Crippen LogP contribution in [0.15, 0.2) is 30.4 Å². The Balaban J connectivity index is 1.83. The number of nitrogens with zero attached hydrogens (tertiary/aromatic N) is 1. The van der Waals surface area contributed by atoms with Gasteiger partial charge in [0.05, 0.1) is 7.11 Å². The van der Waals surface area contributed by atoms with Crippen LogP contribution in [0.25, 0.3) is 0 Å². The van der Waals surface area contributed by atoms with E-state index in [-0.39, 0.29) is 6.10 Å². The van der Waals surface area contributed by atoms with E-state index in [2.05, 4.69) is 30.2 Å². The Bertz CT molecular complexity index is 600. The van der Waals surface area contributed by atoms with E-state index in [0.29, 0.717) is 17.9 Å². The molecular weight excluding hydrogens is 278 g/mol. The van der Waals surface area contributed by atoms with Gasteiger partial charge in [-0.15, -0.1) is 0 Å². The molecule has 4 heteroatoms. The molecular formula is C18H23NO3. The molecule has 1 N–H and O–H groups in total. The summed E-state index contributed by atoms with van der Waals surface area (Å²) in [6.07, 6.45) is 5.46. The molecule has 4 nitrogen and oxygen atoms in total. The summed E-state index contributed by atoms with van der Waals surface area (Å²) in [6.45, 7) is 1.05. The molecule has 1 aromatic rings. The summed E-state index contributed by atoms with van der Waals surface area (Å²) < 4.78 is 11.7. The van der Waals surface area contributed by atoms with Crippen molar-refractivity contribution < 1.29 is 14.6 Å². The number of likely N-dealkylation sites (tertiary alicyclic amines) is 1. The highest BCUT2D eigenvalue weighted by atomic mass is 16.5. The normalized spacial score (nSPS) is 36.8. The third-order valence-corrected chi connectivity index (χ3v) is 5.55. The molecule has 2 heterocycles. The topological polar surface area (TPSA) is 41.9 Å². The summed E-state index contributed by atoms with van der Waals surface area (Å²) in [5.74, 6) is 2.30. The quantitative estimate of drug-likeness (QED) is 0.804. The minimum absolute atomic E-state index is 0.187. The van der Waals surface area contributed by atoms with E-state index in [1.165, 1.54) is 5.56 Å². The van der Waals surface area contributed by atoms with Gasteiger partial charge in [-0.1, -0.05) is 18.2 Å². The van der Waals surface area contributed by atoms with E-state index >= 15 is 0 Å². The molecule has 1 saturated heterocycles. The van der Waals surface area contributed by atoms with Crippen LogP contribution in [0.4, 0.5) is 0 Å². The van der Waals surface area contributed by atoms with Gasteiger partial charge in [-0.3, -0.25) is 0 Å². The largest absolute Gasteiger partial charge is 0.493 e. The van der Waals surface area contributed by atoms with Crippen LogP contribution in [-0.4, -0.2) is 49.0 Å². The van der Waals surface area contributed by atoms with Crippen LogP contribution >= 0.6 is 0 Å². The Morgan fingerprint density at radius 3 is 3.00 bits per heavy atom. The summed E-state index contributed by atoms with van der Waals surface area (Å²) in [5.41, 5.74) is 1.27. The molecule has 1 fully saturated rings. The van der Waals surface area contributed by atoms with Gasteiger partial charge in [-0.2, -0.15) is 0 Å². The molecule has 1 aliphatic carbocycles. The summed E-state index contributed by atoms with van der Waals surface area (Å²) in [5, 5.41) is 10.4. The Labute approximate surface area is 131 Å². The van der Waals surface area contributed by atoms with Gasteiger partial charge >= 0.3 is 0 Å². The van der Waals surface area contributed by atoms with Crippen LogP contribution in [-0.2, 0) is 6.42 Å². The molecule has 4 rings (SSSR count). The molecule has 1 unspecified atom stereocenters. The van der Waals surface area contributed by atoms with E-state index in [1.54, 1.807) is 7.11 Å². The summed E-state index contributed by atoms with van der Waals surface area (Å²) in [6, 6.07) is 6.64.